The number of epoxide rings is 1. The molecule has 1 aromatic rings. The maximum absolute atomic E-state index is 11.4. The minimum atomic E-state index is -0.671. The van der Waals surface area contributed by atoms with Crippen LogP contribution < -0.4 is 14.2 Å². The second-order valence-electron chi connectivity index (χ2n) is 5.57. The molecule has 0 spiro atoms. The Hall–Kier alpha value is -2.02. The van der Waals surface area contributed by atoms with E-state index in [1.807, 2.05) is 6.07 Å². The van der Waals surface area contributed by atoms with Gasteiger partial charge in [-0.25, -0.2) is 0 Å². The van der Waals surface area contributed by atoms with Crippen LogP contribution in [-0.2, 0) is 4.74 Å². The van der Waals surface area contributed by atoms with Gasteiger partial charge in [0.15, 0.2) is 11.5 Å². The fraction of sp³-hybridized carbons (Fsp3) is 0.600. The number of hydrogen-bond acceptors (Lipinski definition) is 6. The molecule has 1 aromatic carbocycles. The molecular formula is C15H19NO6. The van der Waals surface area contributed by atoms with Crippen molar-refractivity contribution in [1.29, 1.82) is 0 Å². The van der Waals surface area contributed by atoms with Gasteiger partial charge in [-0.2, -0.15) is 0 Å². The van der Waals surface area contributed by atoms with Crippen LogP contribution in [0.3, 0.4) is 0 Å². The minimum absolute atomic E-state index is 0.0396. The summed E-state index contributed by atoms with van der Waals surface area (Å²) >= 11 is 0. The van der Waals surface area contributed by atoms with E-state index in [1.165, 1.54) is 14.2 Å². The molecule has 4 atom stereocenters. The molecule has 1 aliphatic carbocycles. The van der Waals surface area contributed by atoms with Crippen molar-refractivity contribution in [2.45, 2.75) is 37.0 Å². The third-order valence-electron chi connectivity index (χ3n) is 4.52. The highest BCUT2D eigenvalue weighted by Crippen LogP contribution is 2.50. The van der Waals surface area contributed by atoms with Crippen LogP contribution >= 0.6 is 0 Å². The number of ether oxygens (including phenoxy) is 4. The first-order valence-electron chi connectivity index (χ1n) is 7.18. The lowest BCUT2D eigenvalue weighted by Crippen LogP contribution is -2.34. The van der Waals surface area contributed by atoms with E-state index in [-0.39, 0.29) is 23.0 Å². The van der Waals surface area contributed by atoms with Gasteiger partial charge in [-0.3, -0.25) is 10.1 Å². The quantitative estimate of drug-likeness (QED) is 0.470. The summed E-state index contributed by atoms with van der Waals surface area (Å²) in [7, 11) is 4.59. The van der Waals surface area contributed by atoms with E-state index in [0.717, 1.165) is 5.56 Å². The first kappa shape index (κ1) is 14.9. The highest BCUT2D eigenvalue weighted by Gasteiger charge is 2.54. The van der Waals surface area contributed by atoms with Gasteiger partial charge < -0.3 is 18.9 Å². The number of hydrogen-bond donors (Lipinski definition) is 0. The largest absolute Gasteiger partial charge is 0.493 e. The van der Waals surface area contributed by atoms with Crippen LogP contribution in [0.5, 0.6) is 17.2 Å². The minimum Gasteiger partial charge on any atom is -0.493 e. The maximum Gasteiger partial charge on any atom is 0.222 e. The molecule has 7 heteroatoms. The molecule has 0 bridgehead atoms. The van der Waals surface area contributed by atoms with E-state index in [1.54, 1.807) is 13.2 Å². The molecule has 22 heavy (non-hydrogen) atoms. The van der Waals surface area contributed by atoms with Crippen molar-refractivity contribution in [1.82, 2.24) is 0 Å². The molecule has 7 nitrogen and oxygen atoms in total. The molecule has 120 valence electrons. The molecule has 3 rings (SSSR count). The van der Waals surface area contributed by atoms with Gasteiger partial charge in [0, 0.05) is 16.9 Å². The van der Waals surface area contributed by atoms with Crippen LogP contribution in [0.15, 0.2) is 12.1 Å². The molecule has 1 heterocycles. The summed E-state index contributed by atoms with van der Waals surface area (Å²) in [6.07, 6.45) is 1.24. The van der Waals surface area contributed by atoms with Gasteiger partial charge in [-0.15, -0.1) is 0 Å². The van der Waals surface area contributed by atoms with Crippen molar-refractivity contribution in [3.63, 3.8) is 0 Å². The van der Waals surface area contributed by atoms with Gasteiger partial charge >= 0.3 is 0 Å². The molecule has 2 aliphatic rings. The second-order valence-corrected chi connectivity index (χ2v) is 5.57. The van der Waals surface area contributed by atoms with E-state index in [0.29, 0.717) is 30.1 Å². The number of rotatable bonds is 5. The zero-order chi connectivity index (χ0) is 15.9. The number of benzene rings is 1. The highest BCUT2D eigenvalue weighted by molar-refractivity contribution is 5.57. The van der Waals surface area contributed by atoms with Crippen molar-refractivity contribution in [2.24, 2.45) is 0 Å². The third-order valence-corrected chi connectivity index (χ3v) is 4.52. The number of nitro groups is 1. The van der Waals surface area contributed by atoms with Crippen LogP contribution in [0, 0.1) is 10.1 Å². The number of nitrogens with zero attached hydrogens (tertiary/aromatic N) is 1. The van der Waals surface area contributed by atoms with Gasteiger partial charge in [-0.1, -0.05) is 6.07 Å². The van der Waals surface area contributed by atoms with E-state index in [4.69, 9.17) is 18.9 Å². The lowest BCUT2D eigenvalue weighted by Gasteiger charge is -2.26. The van der Waals surface area contributed by atoms with Crippen molar-refractivity contribution in [3.8, 4) is 17.2 Å². The monoisotopic (exact) mass is 309 g/mol. The molecule has 0 radical (unpaired) electrons. The van der Waals surface area contributed by atoms with Crippen molar-refractivity contribution in [3.05, 3.63) is 27.8 Å². The Labute approximate surface area is 128 Å². The summed E-state index contributed by atoms with van der Waals surface area (Å²) < 4.78 is 21.6. The van der Waals surface area contributed by atoms with E-state index in [9.17, 15) is 10.1 Å². The van der Waals surface area contributed by atoms with Gasteiger partial charge in [0.25, 0.3) is 0 Å². The van der Waals surface area contributed by atoms with Crippen LogP contribution in [0.25, 0.3) is 0 Å². The lowest BCUT2D eigenvalue weighted by molar-refractivity contribution is -0.529. The Morgan fingerprint density at radius 3 is 2.36 bits per heavy atom. The van der Waals surface area contributed by atoms with Crippen LogP contribution in [0.4, 0.5) is 0 Å². The molecule has 0 aromatic heterocycles. The molecular weight excluding hydrogens is 290 g/mol. The number of methoxy groups -OCH3 is 3. The van der Waals surface area contributed by atoms with Crippen molar-refractivity contribution in [2.75, 3.05) is 21.3 Å². The van der Waals surface area contributed by atoms with Crippen LogP contribution in [-0.4, -0.2) is 44.5 Å². The van der Waals surface area contributed by atoms with E-state index < -0.39 is 6.04 Å². The van der Waals surface area contributed by atoms with Crippen LogP contribution in [0.1, 0.15) is 24.3 Å². The van der Waals surface area contributed by atoms with E-state index >= 15 is 0 Å². The van der Waals surface area contributed by atoms with Crippen LogP contribution in [0.2, 0.25) is 0 Å². The summed E-state index contributed by atoms with van der Waals surface area (Å²) in [5.74, 6) is 1.24. The Morgan fingerprint density at radius 1 is 1.09 bits per heavy atom. The molecule has 1 aliphatic heterocycles. The predicted octanol–water partition coefficient (Wildman–Crippen LogP) is 2.00. The highest BCUT2D eigenvalue weighted by atomic mass is 16.6. The second kappa shape index (κ2) is 5.64. The van der Waals surface area contributed by atoms with E-state index in [2.05, 4.69) is 0 Å². The van der Waals surface area contributed by atoms with Crippen molar-refractivity contribution < 1.29 is 23.9 Å². The first-order valence-corrected chi connectivity index (χ1v) is 7.18. The smallest absolute Gasteiger partial charge is 0.222 e. The van der Waals surface area contributed by atoms with Gasteiger partial charge in [0.05, 0.1) is 39.5 Å². The molecule has 0 amide bonds. The summed E-state index contributed by atoms with van der Waals surface area (Å²) in [4.78, 5) is 11.2. The van der Waals surface area contributed by atoms with Gasteiger partial charge in [0.1, 0.15) is 0 Å². The molecule has 1 saturated heterocycles. The summed E-state index contributed by atoms with van der Waals surface area (Å²) in [5, 5.41) is 11.4. The van der Waals surface area contributed by atoms with Gasteiger partial charge in [0.2, 0.25) is 11.8 Å². The predicted molar refractivity (Wildman–Crippen MR) is 77.5 cm³/mol. The molecule has 0 N–H and O–H groups in total. The Morgan fingerprint density at radius 2 is 1.77 bits per heavy atom. The SMILES string of the molecule is COc1ccc([C@H]2C[C@H]3O[C@H]3C[C@@H]2[N+](=O)[O-])c(OC)c1OC. The van der Waals surface area contributed by atoms with Crippen molar-refractivity contribution >= 4 is 0 Å². The number of fused-ring (bicyclic) bond motifs is 1. The fourth-order valence-corrected chi connectivity index (χ4v) is 3.39. The zero-order valence-electron chi connectivity index (χ0n) is 12.8. The van der Waals surface area contributed by atoms with Gasteiger partial charge in [-0.05, 0) is 12.5 Å². The summed E-state index contributed by atoms with van der Waals surface area (Å²) in [6.45, 7) is 0. The molecule has 0 unspecified atom stereocenters. The molecule has 2 fully saturated rings. The normalized spacial score (nSPS) is 29.4. The summed E-state index contributed by atoms with van der Waals surface area (Å²) in [5.41, 5.74) is 0.774. The third kappa shape index (κ3) is 2.35. The lowest BCUT2D eigenvalue weighted by atomic mass is 9.79. The first-order chi connectivity index (χ1) is 10.6. The Balaban J connectivity index is 2.03. The average molecular weight is 309 g/mol. The maximum atomic E-state index is 11.4. The molecule has 1 saturated carbocycles. The Kier molecular flexibility index (Phi) is 3.82. The Bertz CT molecular complexity index is 590. The standard InChI is InChI=1S/C15H19NO6/c1-19-11-5-4-8(14(20-2)15(11)21-3)9-6-12-13(22-12)7-10(9)16(17)18/h4-5,9-10,12-13H,6-7H2,1-3H3/t9-,10+,12-,13+/m1/s1. The summed E-state index contributed by atoms with van der Waals surface area (Å²) in [6, 6.07) is 2.91. The topological polar surface area (TPSA) is 83.4 Å². The zero-order valence-corrected chi connectivity index (χ0v) is 12.8. The average Bonchev–Trinajstić information content (AvgIpc) is 3.30. The fourth-order valence-electron chi connectivity index (χ4n) is 3.39.